The van der Waals surface area contributed by atoms with Crippen molar-refractivity contribution in [1.82, 2.24) is 5.01 Å². The van der Waals surface area contributed by atoms with Crippen LogP contribution >= 0.6 is 11.3 Å². The summed E-state index contributed by atoms with van der Waals surface area (Å²) >= 11 is 1.50. The van der Waals surface area contributed by atoms with Crippen LogP contribution in [0, 0.1) is 0 Å². The molecule has 0 unspecified atom stereocenters. The number of rotatable bonds is 5. The lowest BCUT2D eigenvalue weighted by Gasteiger charge is -2.17. The van der Waals surface area contributed by atoms with Gasteiger partial charge in [-0.15, -0.1) is 16.4 Å². The summed E-state index contributed by atoms with van der Waals surface area (Å²) in [6, 6.07) is 7.27. The molecule has 1 atom stereocenters. The maximum atomic E-state index is 11.9. The lowest BCUT2D eigenvalue weighted by atomic mass is 10.2. The summed E-state index contributed by atoms with van der Waals surface area (Å²) in [5.41, 5.74) is 0.625. The number of ether oxygens (including phenoxy) is 4. The SMILES string of the molecule is COc1cc(C2=NN(C(C)=O)[C@@H](c3cccs3)O2)cc(OC)c1OC. The number of carbonyl (C=O) groups excluding carboxylic acids is 1. The van der Waals surface area contributed by atoms with Gasteiger partial charge in [0.25, 0.3) is 0 Å². The lowest BCUT2D eigenvalue weighted by Crippen LogP contribution is -2.24. The van der Waals surface area contributed by atoms with Gasteiger partial charge < -0.3 is 18.9 Å². The van der Waals surface area contributed by atoms with Gasteiger partial charge in [0, 0.05) is 12.5 Å². The number of amides is 1. The summed E-state index contributed by atoms with van der Waals surface area (Å²) in [4.78, 5) is 12.8. The van der Waals surface area contributed by atoms with E-state index in [4.69, 9.17) is 18.9 Å². The zero-order valence-electron chi connectivity index (χ0n) is 14.3. The molecule has 25 heavy (non-hydrogen) atoms. The second kappa shape index (κ2) is 7.02. The predicted molar refractivity (Wildman–Crippen MR) is 93.3 cm³/mol. The predicted octanol–water partition coefficient (Wildman–Crippen LogP) is 3.01. The molecule has 132 valence electrons. The molecule has 1 aromatic carbocycles. The highest BCUT2D eigenvalue weighted by molar-refractivity contribution is 7.10. The third-order valence-corrected chi connectivity index (χ3v) is 4.57. The molecule has 1 aliphatic rings. The normalized spacial score (nSPS) is 16.2. The van der Waals surface area contributed by atoms with Crippen LogP contribution < -0.4 is 14.2 Å². The summed E-state index contributed by atoms with van der Waals surface area (Å²) in [6.45, 7) is 1.45. The largest absolute Gasteiger partial charge is 0.493 e. The molecule has 2 aromatic rings. The smallest absolute Gasteiger partial charge is 0.243 e. The fourth-order valence-electron chi connectivity index (χ4n) is 2.51. The van der Waals surface area contributed by atoms with Crippen LogP contribution in [0.25, 0.3) is 0 Å². The van der Waals surface area contributed by atoms with Gasteiger partial charge in [-0.1, -0.05) is 6.07 Å². The molecule has 8 heteroatoms. The van der Waals surface area contributed by atoms with E-state index in [1.54, 1.807) is 12.1 Å². The van der Waals surface area contributed by atoms with Crippen molar-refractivity contribution in [3.05, 3.63) is 40.1 Å². The molecule has 0 bridgehead atoms. The van der Waals surface area contributed by atoms with Crippen LogP contribution in [0.5, 0.6) is 17.2 Å². The van der Waals surface area contributed by atoms with E-state index in [9.17, 15) is 4.79 Å². The summed E-state index contributed by atoms with van der Waals surface area (Å²) in [6.07, 6.45) is -0.577. The average molecular weight is 362 g/mol. The van der Waals surface area contributed by atoms with Crippen LogP contribution in [0.15, 0.2) is 34.7 Å². The van der Waals surface area contributed by atoms with Gasteiger partial charge in [0.15, 0.2) is 11.5 Å². The maximum absolute atomic E-state index is 11.9. The van der Waals surface area contributed by atoms with Crippen molar-refractivity contribution in [1.29, 1.82) is 0 Å². The van der Waals surface area contributed by atoms with Gasteiger partial charge in [0.1, 0.15) is 0 Å². The Labute approximate surface area is 149 Å². The molecule has 0 saturated heterocycles. The van der Waals surface area contributed by atoms with Crippen LogP contribution in [0.2, 0.25) is 0 Å². The second-order valence-electron chi connectivity index (χ2n) is 5.17. The average Bonchev–Trinajstić information content (AvgIpc) is 3.29. The summed E-state index contributed by atoms with van der Waals surface area (Å²) in [5.74, 6) is 1.55. The number of hydrazone groups is 1. The fourth-order valence-corrected chi connectivity index (χ4v) is 3.24. The number of thiophene rings is 1. The molecule has 1 amide bonds. The molecule has 0 spiro atoms. The molecule has 1 aromatic heterocycles. The first-order chi connectivity index (χ1) is 12.1. The molecular formula is C17H18N2O5S. The number of hydrogen-bond acceptors (Lipinski definition) is 7. The van der Waals surface area contributed by atoms with E-state index in [0.717, 1.165) is 4.88 Å². The topological polar surface area (TPSA) is 69.6 Å². The van der Waals surface area contributed by atoms with Gasteiger partial charge in [0.2, 0.25) is 23.8 Å². The van der Waals surface area contributed by atoms with E-state index < -0.39 is 6.23 Å². The van der Waals surface area contributed by atoms with Crippen LogP contribution in [-0.2, 0) is 9.53 Å². The number of carbonyl (C=O) groups is 1. The number of benzene rings is 1. The molecule has 7 nitrogen and oxygen atoms in total. The lowest BCUT2D eigenvalue weighted by molar-refractivity contribution is -0.135. The molecule has 0 aliphatic carbocycles. The molecule has 0 radical (unpaired) electrons. The molecule has 3 rings (SSSR count). The van der Waals surface area contributed by atoms with E-state index in [1.165, 1.54) is 44.6 Å². The zero-order chi connectivity index (χ0) is 18.0. The summed E-state index contributed by atoms with van der Waals surface area (Å²) in [5, 5.41) is 7.58. The van der Waals surface area contributed by atoms with Crippen molar-refractivity contribution in [2.24, 2.45) is 5.10 Å². The van der Waals surface area contributed by atoms with E-state index in [0.29, 0.717) is 28.7 Å². The Hall–Kier alpha value is -2.74. The second-order valence-corrected chi connectivity index (χ2v) is 6.15. The van der Waals surface area contributed by atoms with Gasteiger partial charge in [-0.25, -0.2) is 0 Å². The number of methoxy groups -OCH3 is 3. The Balaban J connectivity index is 2.01. The monoisotopic (exact) mass is 362 g/mol. The van der Waals surface area contributed by atoms with Gasteiger partial charge in [0.05, 0.1) is 26.2 Å². The Morgan fingerprint density at radius 3 is 2.36 bits per heavy atom. The fraction of sp³-hybridized carbons (Fsp3) is 0.294. The minimum absolute atomic E-state index is 0.208. The highest BCUT2D eigenvalue weighted by Crippen LogP contribution is 2.40. The highest BCUT2D eigenvalue weighted by Gasteiger charge is 2.34. The Kier molecular flexibility index (Phi) is 4.80. The summed E-state index contributed by atoms with van der Waals surface area (Å²) in [7, 11) is 4.61. The minimum atomic E-state index is -0.577. The van der Waals surface area contributed by atoms with Gasteiger partial charge in [-0.3, -0.25) is 4.79 Å². The van der Waals surface area contributed by atoms with Crippen LogP contribution in [0.1, 0.15) is 23.6 Å². The summed E-state index contributed by atoms with van der Waals surface area (Å²) < 4.78 is 22.0. The molecular weight excluding hydrogens is 344 g/mol. The maximum Gasteiger partial charge on any atom is 0.243 e. The third-order valence-electron chi connectivity index (χ3n) is 3.66. The van der Waals surface area contributed by atoms with E-state index in [-0.39, 0.29) is 5.91 Å². The van der Waals surface area contributed by atoms with Crippen LogP contribution in [0.3, 0.4) is 0 Å². The third kappa shape index (κ3) is 3.12. The quantitative estimate of drug-likeness (QED) is 0.818. The first-order valence-electron chi connectivity index (χ1n) is 7.48. The minimum Gasteiger partial charge on any atom is -0.493 e. The van der Waals surface area contributed by atoms with Gasteiger partial charge in [-0.2, -0.15) is 5.01 Å². The number of hydrogen-bond donors (Lipinski definition) is 0. The first-order valence-corrected chi connectivity index (χ1v) is 8.35. The van der Waals surface area contributed by atoms with Crippen molar-refractivity contribution in [3.63, 3.8) is 0 Å². The zero-order valence-corrected chi connectivity index (χ0v) is 15.1. The number of nitrogens with zero attached hydrogens (tertiary/aromatic N) is 2. The Morgan fingerprint density at radius 2 is 1.88 bits per heavy atom. The van der Waals surface area contributed by atoms with Crippen LogP contribution in [0.4, 0.5) is 0 Å². The van der Waals surface area contributed by atoms with E-state index in [2.05, 4.69) is 5.10 Å². The first kappa shape index (κ1) is 17.1. The van der Waals surface area contributed by atoms with E-state index >= 15 is 0 Å². The molecule has 2 heterocycles. The van der Waals surface area contributed by atoms with Crippen LogP contribution in [-0.4, -0.2) is 38.1 Å². The van der Waals surface area contributed by atoms with Crippen molar-refractivity contribution < 1.29 is 23.7 Å². The Morgan fingerprint density at radius 1 is 1.20 bits per heavy atom. The molecule has 0 fully saturated rings. The van der Waals surface area contributed by atoms with E-state index in [1.807, 2.05) is 17.5 Å². The molecule has 1 aliphatic heterocycles. The molecule has 0 saturated carbocycles. The van der Waals surface area contributed by atoms with Crippen molar-refractivity contribution >= 4 is 23.1 Å². The van der Waals surface area contributed by atoms with Crippen molar-refractivity contribution in [2.45, 2.75) is 13.2 Å². The Bertz CT molecular complexity index is 778. The van der Waals surface area contributed by atoms with Gasteiger partial charge in [-0.05, 0) is 23.6 Å². The van der Waals surface area contributed by atoms with Crippen molar-refractivity contribution in [3.8, 4) is 17.2 Å². The van der Waals surface area contributed by atoms with Crippen molar-refractivity contribution in [2.75, 3.05) is 21.3 Å². The molecule has 0 N–H and O–H groups in total. The highest BCUT2D eigenvalue weighted by atomic mass is 32.1. The standard InChI is InChI=1S/C17H18N2O5S/c1-10(20)19-17(14-6-5-7-25-14)24-16(18-19)11-8-12(21-2)15(23-4)13(9-11)22-3/h5-9,17H,1-4H3/t17-/m1/s1. The van der Waals surface area contributed by atoms with Gasteiger partial charge >= 0.3 is 0 Å².